The van der Waals surface area contributed by atoms with E-state index in [2.05, 4.69) is 26.1 Å². The molecule has 1 heterocycles. The van der Waals surface area contributed by atoms with Gasteiger partial charge in [-0.1, -0.05) is 26.8 Å². The van der Waals surface area contributed by atoms with Gasteiger partial charge in [-0.25, -0.2) is 0 Å². The van der Waals surface area contributed by atoms with Crippen molar-refractivity contribution in [2.45, 2.75) is 40.2 Å². The minimum absolute atomic E-state index is 0.0548. The summed E-state index contributed by atoms with van der Waals surface area (Å²) in [7, 11) is 0. The van der Waals surface area contributed by atoms with Crippen molar-refractivity contribution < 1.29 is 4.79 Å². The molecule has 84 valence electrons. The van der Waals surface area contributed by atoms with E-state index in [9.17, 15) is 4.79 Å². The molecule has 0 radical (unpaired) electrons. The lowest BCUT2D eigenvalue weighted by Gasteiger charge is -2.19. The first kappa shape index (κ1) is 12.2. The van der Waals surface area contributed by atoms with Crippen LogP contribution in [0.15, 0.2) is 17.5 Å². The minimum atomic E-state index is 0.0548. The van der Waals surface area contributed by atoms with Gasteiger partial charge in [-0.2, -0.15) is 0 Å². The predicted octanol–water partition coefficient (Wildman–Crippen LogP) is 3.36. The molecule has 1 aromatic heterocycles. The monoisotopic (exact) mass is 225 g/mol. The molecule has 0 unspecified atom stereocenters. The smallest absolute Gasteiger partial charge is 0.221 e. The fraction of sp³-hybridized carbons (Fsp3) is 0.583. The van der Waals surface area contributed by atoms with Gasteiger partial charge in [0.25, 0.3) is 0 Å². The summed E-state index contributed by atoms with van der Waals surface area (Å²) < 4.78 is 0. The molecule has 1 amide bonds. The Morgan fingerprint density at radius 2 is 2.20 bits per heavy atom. The van der Waals surface area contributed by atoms with Gasteiger partial charge in [-0.3, -0.25) is 4.79 Å². The van der Waals surface area contributed by atoms with Crippen molar-refractivity contribution in [3.05, 3.63) is 22.4 Å². The number of hydrogen-bond donors (Lipinski definition) is 1. The molecule has 0 fully saturated rings. The molecule has 0 spiro atoms. The number of carbonyl (C=O) groups excluding carboxylic acids is 1. The Morgan fingerprint density at radius 1 is 1.53 bits per heavy atom. The molecule has 0 saturated heterocycles. The number of thiophene rings is 1. The normalized spacial score (nSPS) is 13.6. The highest BCUT2D eigenvalue weighted by Gasteiger charge is 2.17. The molecule has 0 aromatic carbocycles. The van der Waals surface area contributed by atoms with E-state index >= 15 is 0 Å². The Bertz CT molecular complexity index is 311. The summed E-state index contributed by atoms with van der Waals surface area (Å²) in [5.41, 5.74) is 0.0548. The average molecular weight is 225 g/mol. The molecule has 0 bridgehead atoms. The zero-order chi connectivity index (χ0) is 11.5. The number of nitrogens with one attached hydrogen (secondary N) is 1. The van der Waals surface area contributed by atoms with E-state index in [1.165, 1.54) is 4.88 Å². The van der Waals surface area contributed by atoms with Crippen LogP contribution in [0.25, 0.3) is 0 Å². The Kier molecular flexibility index (Phi) is 3.91. The fourth-order valence-corrected chi connectivity index (χ4v) is 2.12. The van der Waals surface area contributed by atoms with Crippen LogP contribution in [0.2, 0.25) is 0 Å². The van der Waals surface area contributed by atoms with Crippen LogP contribution in [0.5, 0.6) is 0 Å². The van der Waals surface area contributed by atoms with Crippen LogP contribution in [0, 0.1) is 5.41 Å². The Hall–Kier alpha value is -0.830. The highest BCUT2D eigenvalue weighted by atomic mass is 32.1. The molecule has 0 aliphatic carbocycles. The predicted molar refractivity (Wildman–Crippen MR) is 64.9 cm³/mol. The lowest BCUT2D eigenvalue weighted by molar-refractivity contribution is -0.123. The van der Waals surface area contributed by atoms with E-state index < -0.39 is 0 Å². The zero-order valence-corrected chi connectivity index (χ0v) is 10.6. The molecule has 2 nitrogen and oxygen atoms in total. The second-order valence-electron chi connectivity index (χ2n) is 5.04. The van der Waals surface area contributed by atoms with Crippen LogP contribution in [-0.4, -0.2) is 5.91 Å². The number of hydrogen-bond acceptors (Lipinski definition) is 2. The van der Waals surface area contributed by atoms with Crippen LogP contribution in [0.4, 0.5) is 0 Å². The van der Waals surface area contributed by atoms with Gasteiger partial charge in [0.05, 0.1) is 6.04 Å². The molecule has 1 rings (SSSR count). The van der Waals surface area contributed by atoms with E-state index in [0.717, 1.165) is 0 Å². The van der Waals surface area contributed by atoms with Crippen LogP contribution in [0.1, 0.15) is 45.0 Å². The third kappa shape index (κ3) is 4.47. The first-order valence-electron chi connectivity index (χ1n) is 5.21. The average Bonchev–Trinajstić information content (AvgIpc) is 2.50. The molecule has 1 N–H and O–H groups in total. The quantitative estimate of drug-likeness (QED) is 0.839. The summed E-state index contributed by atoms with van der Waals surface area (Å²) >= 11 is 1.68. The highest BCUT2D eigenvalue weighted by molar-refractivity contribution is 7.10. The van der Waals surface area contributed by atoms with Gasteiger partial charge < -0.3 is 5.32 Å². The summed E-state index contributed by atoms with van der Waals surface area (Å²) in [5.74, 6) is 0.128. The highest BCUT2D eigenvalue weighted by Crippen LogP contribution is 2.21. The molecule has 1 atom stereocenters. The second kappa shape index (κ2) is 4.79. The van der Waals surface area contributed by atoms with Gasteiger partial charge in [-0.15, -0.1) is 11.3 Å². The summed E-state index contributed by atoms with van der Waals surface area (Å²) in [4.78, 5) is 12.9. The molecular weight excluding hydrogens is 206 g/mol. The number of rotatable bonds is 3. The number of amides is 1. The van der Waals surface area contributed by atoms with E-state index in [-0.39, 0.29) is 17.4 Å². The maximum atomic E-state index is 11.7. The lowest BCUT2D eigenvalue weighted by Crippen LogP contribution is -2.29. The van der Waals surface area contributed by atoms with Crippen molar-refractivity contribution in [3.63, 3.8) is 0 Å². The van der Waals surface area contributed by atoms with Gasteiger partial charge in [0.2, 0.25) is 5.91 Å². The topological polar surface area (TPSA) is 29.1 Å². The summed E-state index contributed by atoms with van der Waals surface area (Å²) in [5, 5.41) is 5.04. The Balaban J connectivity index is 2.45. The Morgan fingerprint density at radius 3 is 2.67 bits per heavy atom. The van der Waals surface area contributed by atoms with E-state index in [0.29, 0.717) is 6.42 Å². The van der Waals surface area contributed by atoms with Crippen molar-refractivity contribution in [3.8, 4) is 0 Å². The first-order valence-corrected chi connectivity index (χ1v) is 6.09. The minimum Gasteiger partial charge on any atom is -0.349 e. The van der Waals surface area contributed by atoms with Crippen molar-refractivity contribution in [2.75, 3.05) is 0 Å². The summed E-state index contributed by atoms with van der Waals surface area (Å²) in [6.07, 6.45) is 0.572. The first-order chi connectivity index (χ1) is 6.88. The molecule has 1 aromatic rings. The molecule has 0 aliphatic heterocycles. The largest absolute Gasteiger partial charge is 0.349 e. The third-order valence-electron chi connectivity index (χ3n) is 2.04. The van der Waals surface area contributed by atoms with E-state index in [4.69, 9.17) is 0 Å². The summed E-state index contributed by atoms with van der Waals surface area (Å²) in [6.45, 7) is 8.24. The van der Waals surface area contributed by atoms with Gasteiger partial charge >= 0.3 is 0 Å². The second-order valence-corrected chi connectivity index (χ2v) is 6.02. The van der Waals surface area contributed by atoms with Crippen molar-refractivity contribution in [1.82, 2.24) is 5.32 Å². The lowest BCUT2D eigenvalue weighted by atomic mass is 9.92. The molecule has 0 saturated carbocycles. The van der Waals surface area contributed by atoms with Crippen LogP contribution in [-0.2, 0) is 4.79 Å². The van der Waals surface area contributed by atoms with E-state index in [1.807, 2.05) is 24.4 Å². The third-order valence-corrected chi connectivity index (χ3v) is 3.09. The van der Waals surface area contributed by atoms with Crippen molar-refractivity contribution in [1.29, 1.82) is 0 Å². The van der Waals surface area contributed by atoms with Crippen molar-refractivity contribution in [2.24, 2.45) is 5.41 Å². The standard InChI is InChI=1S/C12H19NOS/c1-9(10-6-5-7-15-10)13-11(14)8-12(2,3)4/h5-7,9H,8H2,1-4H3,(H,13,14)/t9-/m1/s1. The molecular formula is C12H19NOS. The maximum absolute atomic E-state index is 11.7. The van der Waals surface area contributed by atoms with Crippen LogP contribution >= 0.6 is 11.3 Å². The van der Waals surface area contributed by atoms with Crippen LogP contribution < -0.4 is 5.32 Å². The summed E-state index contributed by atoms with van der Waals surface area (Å²) in [6, 6.07) is 4.18. The van der Waals surface area contributed by atoms with Gasteiger partial charge in [0, 0.05) is 11.3 Å². The Labute approximate surface area is 95.7 Å². The zero-order valence-electron chi connectivity index (χ0n) is 9.83. The fourth-order valence-electron chi connectivity index (χ4n) is 1.38. The van der Waals surface area contributed by atoms with Gasteiger partial charge in [0.15, 0.2) is 0 Å². The number of carbonyl (C=O) groups is 1. The van der Waals surface area contributed by atoms with Gasteiger partial charge in [0.1, 0.15) is 0 Å². The van der Waals surface area contributed by atoms with Gasteiger partial charge in [-0.05, 0) is 23.8 Å². The molecule has 15 heavy (non-hydrogen) atoms. The molecule has 3 heteroatoms. The molecule has 0 aliphatic rings. The van der Waals surface area contributed by atoms with Crippen LogP contribution in [0.3, 0.4) is 0 Å². The maximum Gasteiger partial charge on any atom is 0.221 e. The van der Waals surface area contributed by atoms with Crippen molar-refractivity contribution >= 4 is 17.2 Å². The SMILES string of the molecule is C[C@@H](NC(=O)CC(C)(C)C)c1cccs1. The van der Waals surface area contributed by atoms with E-state index in [1.54, 1.807) is 11.3 Å².